The number of aromatic nitrogens is 3. The van der Waals surface area contributed by atoms with Crippen LogP contribution in [0.25, 0.3) is 10.9 Å². The summed E-state index contributed by atoms with van der Waals surface area (Å²) in [5.74, 6) is -3.51. The minimum atomic E-state index is -1.25. The zero-order valence-corrected chi connectivity index (χ0v) is 23.9. The molecule has 42 heavy (non-hydrogen) atoms. The summed E-state index contributed by atoms with van der Waals surface area (Å²) in [5.41, 5.74) is 13.5. The van der Waals surface area contributed by atoms with Crippen molar-refractivity contribution in [2.24, 2.45) is 11.5 Å². The van der Waals surface area contributed by atoms with Crippen molar-refractivity contribution in [1.29, 1.82) is 0 Å². The van der Waals surface area contributed by atoms with Gasteiger partial charge in [0.05, 0.1) is 12.4 Å². The molecule has 0 saturated carbocycles. The Morgan fingerprint density at radius 1 is 0.952 bits per heavy atom. The molecular weight excluding hydrogens is 564 g/mol. The summed E-state index contributed by atoms with van der Waals surface area (Å²) in [5, 5.41) is 18.2. The van der Waals surface area contributed by atoms with Gasteiger partial charge in [-0.25, -0.2) is 9.78 Å². The smallest absolute Gasteiger partial charge is 0.326 e. The van der Waals surface area contributed by atoms with Gasteiger partial charge in [-0.15, -0.1) is 0 Å². The monoisotopic (exact) mass is 600 g/mol. The Kier molecular flexibility index (Phi) is 11.9. The minimum Gasteiger partial charge on any atom is -0.480 e. The van der Waals surface area contributed by atoms with E-state index in [1.807, 2.05) is 30.5 Å². The molecule has 4 atom stereocenters. The van der Waals surface area contributed by atoms with Crippen molar-refractivity contribution in [2.45, 2.75) is 56.3 Å². The third-order valence-corrected chi connectivity index (χ3v) is 7.24. The molecule has 226 valence electrons. The SMILES string of the molecule is CSCCC(NC(=O)C(Cc1c[nH]c2ccccc12)NC(=O)C(CCC(N)=O)NC(=O)C(N)Cc1cnc[nH]1)C(=O)O. The van der Waals surface area contributed by atoms with Crippen LogP contribution in [0.2, 0.25) is 0 Å². The van der Waals surface area contributed by atoms with Crippen molar-refractivity contribution in [3.8, 4) is 0 Å². The maximum Gasteiger partial charge on any atom is 0.326 e. The molecule has 0 bridgehead atoms. The van der Waals surface area contributed by atoms with Crippen molar-refractivity contribution in [2.75, 3.05) is 12.0 Å². The number of fused-ring (bicyclic) bond motifs is 1. The van der Waals surface area contributed by atoms with E-state index in [4.69, 9.17) is 11.5 Å². The number of amides is 4. The highest BCUT2D eigenvalue weighted by molar-refractivity contribution is 7.98. The number of nitrogens with two attached hydrogens (primary N) is 2. The number of nitrogens with one attached hydrogen (secondary N) is 5. The lowest BCUT2D eigenvalue weighted by atomic mass is 10.0. The topological polar surface area (TPSA) is 238 Å². The highest BCUT2D eigenvalue weighted by Gasteiger charge is 2.31. The number of thioether (sulfide) groups is 1. The van der Waals surface area contributed by atoms with Crippen molar-refractivity contribution < 1.29 is 29.1 Å². The Bertz CT molecular complexity index is 1380. The number of primary amides is 1. The Morgan fingerprint density at radius 3 is 2.31 bits per heavy atom. The first-order valence-electron chi connectivity index (χ1n) is 13.3. The molecule has 2 heterocycles. The number of carboxylic acid groups (broad SMARTS) is 1. The molecule has 0 spiro atoms. The first-order valence-corrected chi connectivity index (χ1v) is 14.7. The van der Waals surface area contributed by atoms with E-state index in [-0.39, 0.29) is 32.1 Å². The van der Waals surface area contributed by atoms with E-state index in [2.05, 4.69) is 30.9 Å². The van der Waals surface area contributed by atoms with Crippen LogP contribution in [-0.2, 0) is 36.8 Å². The predicted octanol–water partition coefficient (Wildman–Crippen LogP) is -0.439. The number of aromatic amines is 2. The Labute approximate surface area is 246 Å². The Hall–Kier alpha value is -4.37. The fraction of sp³-hybridized carbons (Fsp3) is 0.407. The number of para-hydroxylation sites is 1. The fourth-order valence-electron chi connectivity index (χ4n) is 4.33. The van der Waals surface area contributed by atoms with E-state index in [0.29, 0.717) is 17.0 Å². The van der Waals surface area contributed by atoms with Gasteiger partial charge in [-0.1, -0.05) is 18.2 Å². The van der Waals surface area contributed by atoms with Crippen molar-refractivity contribution in [1.82, 2.24) is 30.9 Å². The molecule has 1 aromatic carbocycles. The number of imidazole rings is 1. The summed E-state index contributed by atoms with van der Waals surface area (Å²) in [7, 11) is 0. The standard InChI is InChI=1S/C27H36N8O6S/c1-42-9-8-21(27(40)41)34-26(39)22(10-15-12-31-19-5-3-2-4-17(15)19)35-25(38)20(6-7-23(29)36)33-24(37)18(28)11-16-13-30-14-32-16/h2-5,12-14,18,20-22,31H,6-11,28H2,1H3,(H2,29,36)(H,30,32)(H,33,37)(H,34,39)(H,35,38)(H,40,41). The van der Waals surface area contributed by atoms with Crippen LogP contribution >= 0.6 is 11.8 Å². The summed E-state index contributed by atoms with van der Waals surface area (Å²) in [6.45, 7) is 0. The van der Waals surface area contributed by atoms with Gasteiger partial charge in [0.25, 0.3) is 0 Å². The number of benzene rings is 1. The first kappa shape index (κ1) is 32.1. The van der Waals surface area contributed by atoms with Crippen LogP contribution in [0, 0.1) is 0 Å². The first-order chi connectivity index (χ1) is 20.1. The lowest BCUT2D eigenvalue weighted by molar-refractivity contribution is -0.142. The average molecular weight is 601 g/mol. The lowest BCUT2D eigenvalue weighted by Gasteiger charge is -2.25. The van der Waals surface area contributed by atoms with Gasteiger partial charge in [-0.2, -0.15) is 11.8 Å². The second-order valence-electron chi connectivity index (χ2n) is 9.76. The molecule has 4 unspecified atom stereocenters. The van der Waals surface area contributed by atoms with E-state index in [0.717, 1.165) is 10.9 Å². The average Bonchev–Trinajstić information content (AvgIpc) is 3.62. The maximum atomic E-state index is 13.5. The molecule has 14 nitrogen and oxygen atoms in total. The molecule has 3 aromatic rings. The van der Waals surface area contributed by atoms with Crippen LogP contribution in [0.15, 0.2) is 43.0 Å². The third kappa shape index (κ3) is 9.34. The van der Waals surface area contributed by atoms with E-state index in [9.17, 15) is 29.1 Å². The molecule has 0 aliphatic carbocycles. The van der Waals surface area contributed by atoms with Gasteiger partial charge < -0.3 is 42.5 Å². The number of hydrogen-bond acceptors (Lipinski definition) is 8. The van der Waals surface area contributed by atoms with Crippen LogP contribution < -0.4 is 27.4 Å². The number of nitrogens with zero attached hydrogens (tertiary/aromatic N) is 1. The number of H-pyrrole nitrogens is 2. The van der Waals surface area contributed by atoms with Crippen molar-refractivity contribution >= 4 is 52.3 Å². The maximum absolute atomic E-state index is 13.5. The second-order valence-corrected chi connectivity index (χ2v) is 10.7. The van der Waals surface area contributed by atoms with Gasteiger partial charge in [0.15, 0.2) is 0 Å². The number of carbonyl (C=O) groups excluding carboxylic acids is 4. The molecule has 0 fully saturated rings. The van der Waals surface area contributed by atoms with Gasteiger partial charge in [0.2, 0.25) is 23.6 Å². The van der Waals surface area contributed by atoms with Gasteiger partial charge >= 0.3 is 5.97 Å². The molecule has 2 aromatic heterocycles. The lowest BCUT2D eigenvalue weighted by Crippen LogP contribution is -2.58. The normalized spacial score (nSPS) is 14.0. The fourth-order valence-corrected chi connectivity index (χ4v) is 4.80. The number of carboxylic acids is 1. The van der Waals surface area contributed by atoms with Crippen LogP contribution in [0.5, 0.6) is 0 Å². The highest BCUT2D eigenvalue weighted by atomic mass is 32.2. The second kappa shape index (κ2) is 15.6. The zero-order valence-electron chi connectivity index (χ0n) is 23.1. The summed E-state index contributed by atoms with van der Waals surface area (Å²) in [4.78, 5) is 72.9. The number of hydrogen-bond donors (Lipinski definition) is 8. The van der Waals surface area contributed by atoms with E-state index in [1.165, 1.54) is 24.3 Å². The molecular formula is C27H36N8O6S. The van der Waals surface area contributed by atoms with Crippen LogP contribution in [-0.4, -0.2) is 85.8 Å². The predicted molar refractivity (Wildman–Crippen MR) is 157 cm³/mol. The van der Waals surface area contributed by atoms with Gasteiger partial charge in [-0.05, 0) is 36.5 Å². The number of carbonyl (C=O) groups is 5. The number of rotatable bonds is 17. The summed E-state index contributed by atoms with van der Waals surface area (Å²) in [6.07, 6.45) is 6.45. The molecule has 0 saturated heterocycles. The van der Waals surface area contributed by atoms with Crippen molar-refractivity contribution in [3.63, 3.8) is 0 Å². The largest absolute Gasteiger partial charge is 0.480 e. The summed E-state index contributed by atoms with van der Waals surface area (Å²) >= 11 is 1.44. The Morgan fingerprint density at radius 2 is 1.64 bits per heavy atom. The summed E-state index contributed by atoms with van der Waals surface area (Å²) in [6, 6.07) is 2.73. The molecule has 0 aliphatic rings. The third-order valence-electron chi connectivity index (χ3n) is 6.60. The van der Waals surface area contributed by atoms with Crippen molar-refractivity contribution in [3.05, 3.63) is 54.2 Å². The quantitative estimate of drug-likeness (QED) is 0.100. The molecule has 15 heteroatoms. The highest BCUT2D eigenvalue weighted by Crippen LogP contribution is 2.19. The van der Waals surface area contributed by atoms with Gasteiger partial charge in [-0.3, -0.25) is 19.2 Å². The molecule has 10 N–H and O–H groups in total. The Balaban J connectivity index is 1.82. The van der Waals surface area contributed by atoms with Gasteiger partial charge in [0, 0.05) is 48.3 Å². The van der Waals surface area contributed by atoms with Crippen LogP contribution in [0.3, 0.4) is 0 Å². The van der Waals surface area contributed by atoms with E-state index in [1.54, 1.807) is 6.20 Å². The van der Waals surface area contributed by atoms with E-state index >= 15 is 0 Å². The molecule has 0 aliphatic heterocycles. The summed E-state index contributed by atoms with van der Waals surface area (Å²) < 4.78 is 0. The molecule has 4 amide bonds. The number of aliphatic carboxylic acids is 1. The van der Waals surface area contributed by atoms with Gasteiger partial charge in [0.1, 0.15) is 18.1 Å². The van der Waals surface area contributed by atoms with Crippen LogP contribution in [0.1, 0.15) is 30.5 Å². The molecule has 0 radical (unpaired) electrons. The van der Waals surface area contributed by atoms with Crippen LogP contribution in [0.4, 0.5) is 0 Å². The molecule has 3 rings (SSSR count). The minimum absolute atomic E-state index is 0.0201. The zero-order chi connectivity index (χ0) is 30.6. The van der Waals surface area contributed by atoms with E-state index < -0.39 is 53.8 Å².